The predicted molar refractivity (Wildman–Crippen MR) is 103 cm³/mol. The Morgan fingerprint density at radius 1 is 1.31 bits per heavy atom. The van der Waals surface area contributed by atoms with Gasteiger partial charge in [-0.25, -0.2) is 4.98 Å². The minimum absolute atomic E-state index is 0.106. The number of nitrogens with zero attached hydrogens (tertiary/aromatic N) is 3. The molecule has 0 fully saturated rings. The molecular formula is C16H12Cl2N4O3S. The van der Waals surface area contributed by atoms with E-state index in [0.29, 0.717) is 15.9 Å². The maximum absolute atomic E-state index is 12.2. The van der Waals surface area contributed by atoms with E-state index in [4.69, 9.17) is 23.2 Å². The van der Waals surface area contributed by atoms with Crippen molar-refractivity contribution < 1.29 is 9.72 Å². The van der Waals surface area contributed by atoms with Crippen molar-refractivity contribution in [3.05, 3.63) is 56.6 Å². The number of carbonyl (C=O) groups excluding carboxylic acids is 1. The minimum Gasteiger partial charge on any atom is -0.324 e. The maximum atomic E-state index is 12.2. The summed E-state index contributed by atoms with van der Waals surface area (Å²) in [5, 5.41) is 14.7. The van der Waals surface area contributed by atoms with Crippen molar-refractivity contribution in [2.24, 2.45) is 7.05 Å². The molecule has 1 heterocycles. The number of hydrogen-bond donors (Lipinski definition) is 1. The number of hydrogen-bond acceptors (Lipinski definition) is 5. The Kier molecular flexibility index (Phi) is 5.36. The van der Waals surface area contributed by atoms with Crippen molar-refractivity contribution in [2.45, 2.75) is 5.16 Å². The summed E-state index contributed by atoms with van der Waals surface area (Å²) in [6.07, 6.45) is 0. The Morgan fingerprint density at radius 3 is 2.77 bits per heavy atom. The number of aryl methyl sites for hydroxylation is 1. The van der Waals surface area contributed by atoms with Gasteiger partial charge in [0.15, 0.2) is 5.16 Å². The van der Waals surface area contributed by atoms with Gasteiger partial charge < -0.3 is 9.88 Å². The fraction of sp³-hybridized carbons (Fsp3) is 0.125. The van der Waals surface area contributed by atoms with E-state index >= 15 is 0 Å². The van der Waals surface area contributed by atoms with Crippen LogP contribution in [0.2, 0.25) is 10.0 Å². The Labute approximate surface area is 162 Å². The molecule has 0 saturated carbocycles. The summed E-state index contributed by atoms with van der Waals surface area (Å²) >= 11 is 13.2. The van der Waals surface area contributed by atoms with Crippen LogP contribution in [0.4, 0.5) is 11.4 Å². The number of aromatic nitrogens is 2. The zero-order valence-electron chi connectivity index (χ0n) is 13.4. The van der Waals surface area contributed by atoms with Gasteiger partial charge in [-0.1, -0.05) is 35.0 Å². The number of fused-ring (bicyclic) bond motifs is 1. The van der Waals surface area contributed by atoms with Crippen molar-refractivity contribution in [1.82, 2.24) is 9.55 Å². The second kappa shape index (κ2) is 7.53. The normalized spacial score (nSPS) is 10.9. The molecule has 0 spiro atoms. The number of benzene rings is 2. The molecule has 1 amide bonds. The van der Waals surface area contributed by atoms with Gasteiger partial charge in [0, 0.05) is 24.2 Å². The highest BCUT2D eigenvalue weighted by Gasteiger charge is 2.14. The van der Waals surface area contributed by atoms with E-state index in [1.165, 1.54) is 30.0 Å². The van der Waals surface area contributed by atoms with Gasteiger partial charge in [0.1, 0.15) is 0 Å². The molecule has 1 N–H and O–H groups in total. The number of non-ortho nitro benzene ring substituents is 1. The molecule has 0 aliphatic carbocycles. The van der Waals surface area contributed by atoms with E-state index in [-0.39, 0.29) is 22.4 Å². The number of nitro groups is 1. The molecule has 134 valence electrons. The zero-order chi connectivity index (χ0) is 18.8. The third-order valence-electron chi connectivity index (χ3n) is 3.57. The smallest absolute Gasteiger partial charge is 0.271 e. The van der Waals surface area contributed by atoms with Crippen LogP contribution < -0.4 is 5.32 Å². The fourth-order valence-corrected chi connectivity index (χ4v) is 3.49. The third kappa shape index (κ3) is 3.92. The zero-order valence-corrected chi connectivity index (χ0v) is 15.7. The first-order valence-electron chi connectivity index (χ1n) is 7.33. The van der Waals surface area contributed by atoms with Crippen LogP contribution in [0, 0.1) is 10.1 Å². The van der Waals surface area contributed by atoms with Gasteiger partial charge in [-0.2, -0.15) is 0 Å². The topological polar surface area (TPSA) is 90.1 Å². The summed E-state index contributed by atoms with van der Waals surface area (Å²) in [6.45, 7) is 0. The minimum atomic E-state index is -0.550. The molecule has 0 saturated heterocycles. The predicted octanol–water partition coefficient (Wildman–Crippen LogP) is 4.52. The quantitative estimate of drug-likeness (QED) is 0.379. The van der Waals surface area contributed by atoms with Crippen molar-refractivity contribution in [1.29, 1.82) is 0 Å². The first-order valence-corrected chi connectivity index (χ1v) is 9.08. The van der Waals surface area contributed by atoms with E-state index in [9.17, 15) is 14.9 Å². The number of nitro benzene ring substituents is 1. The Morgan fingerprint density at radius 2 is 2.08 bits per heavy atom. The summed E-state index contributed by atoms with van der Waals surface area (Å²) in [4.78, 5) is 26.8. The highest BCUT2D eigenvalue weighted by Crippen LogP contribution is 2.28. The number of imidazole rings is 1. The molecule has 0 aliphatic heterocycles. The summed E-state index contributed by atoms with van der Waals surface area (Å²) < 4.78 is 1.88. The number of halogens is 2. The lowest BCUT2D eigenvalue weighted by atomic mass is 10.3. The number of rotatable bonds is 5. The number of carbonyl (C=O) groups is 1. The molecule has 2 aromatic carbocycles. The van der Waals surface area contributed by atoms with Crippen molar-refractivity contribution in [2.75, 3.05) is 11.1 Å². The molecule has 1 aromatic heterocycles. The summed E-state index contributed by atoms with van der Waals surface area (Å²) in [5.41, 5.74) is 1.84. The Bertz CT molecular complexity index is 1020. The lowest BCUT2D eigenvalue weighted by Crippen LogP contribution is -2.14. The van der Waals surface area contributed by atoms with Crippen LogP contribution in [0.25, 0.3) is 11.0 Å². The van der Waals surface area contributed by atoms with Crippen LogP contribution in [0.3, 0.4) is 0 Å². The number of amides is 1. The highest BCUT2D eigenvalue weighted by atomic mass is 35.5. The van der Waals surface area contributed by atoms with Crippen LogP contribution in [0.5, 0.6) is 0 Å². The van der Waals surface area contributed by atoms with Gasteiger partial charge in [0.25, 0.3) is 5.69 Å². The number of nitrogens with one attached hydrogen (secondary N) is 1. The molecule has 10 heteroatoms. The number of anilines is 1. The molecule has 3 rings (SSSR count). The molecule has 0 unspecified atom stereocenters. The first kappa shape index (κ1) is 18.5. The Balaban J connectivity index is 1.68. The van der Waals surface area contributed by atoms with Gasteiger partial charge in [-0.3, -0.25) is 14.9 Å². The summed E-state index contributed by atoms with van der Waals surface area (Å²) in [7, 11) is 1.86. The monoisotopic (exact) mass is 410 g/mol. The van der Waals surface area contributed by atoms with Crippen LogP contribution in [0.1, 0.15) is 0 Å². The van der Waals surface area contributed by atoms with Crippen molar-refractivity contribution >= 4 is 63.3 Å². The molecule has 3 aromatic rings. The molecule has 26 heavy (non-hydrogen) atoms. The molecule has 0 bridgehead atoms. The summed E-state index contributed by atoms with van der Waals surface area (Å²) in [6, 6.07) is 9.29. The molecule has 0 aliphatic rings. The highest BCUT2D eigenvalue weighted by molar-refractivity contribution is 7.99. The van der Waals surface area contributed by atoms with Crippen molar-refractivity contribution in [3.63, 3.8) is 0 Å². The van der Waals surface area contributed by atoms with Gasteiger partial charge in [-0.05, 0) is 24.3 Å². The van der Waals surface area contributed by atoms with Crippen molar-refractivity contribution in [3.8, 4) is 0 Å². The lowest BCUT2D eigenvalue weighted by Gasteiger charge is -2.07. The lowest BCUT2D eigenvalue weighted by molar-refractivity contribution is -0.384. The van der Waals surface area contributed by atoms with E-state index in [0.717, 1.165) is 11.0 Å². The van der Waals surface area contributed by atoms with E-state index in [1.54, 1.807) is 12.1 Å². The van der Waals surface area contributed by atoms with Crippen LogP contribution >= 0.6 is 35.0 Å². The standard InChI is InChI=1S/C16H12Cl2N4O3S/c1-21-14-5-2-9(17)6-13(14)20-16(21)26-8-15(23)19-12-4-3-10(22(24)25)7-11(12)18/h2-7H,8H2,1H3,(H,19,23). The Hall–Kier alpha value is -2.29. The summed E-state index contributed by atoms with van der Waals surface area (Å²) in [5.74, 6) is -0.186. The van der Waals surface area contributed by atoms with Gasteiger partial charge in [0.2, 0.25) is 5.91 Å². The van der Waals surface area contributed by atoms with E-state index in [1.807, 2.05) is 17.7 Å². The van der Waals surface area contributed by atoms with Gasteiger partial charge in [-0.15, -0.1) is 0 Å². The average Bonchev–Trinajstić information content (AvgIpc) is 2.90. The molecule has 0 radical (unpaired) electrons. The van der Waals surface area contributed by atoms with Crippen LogP contribution in [-0.4, -0.2) is 26.1 Å². The molecule has 7 nitrogen and oxygen atoms in total. The average molecular weight is 411 g/mol. The molecular weight excluding hydrogens is 399 g/mol. The SMILES string of the molecule is Cn1c(SCC(=O)Nc2ccc([N+](=O)[O-])cc2Cl)nc2cc(Cl)ccc21. The maximum Gasteiger partial charge on any atom is 0.271 e. The van der Waals surface area contributed by atoms with Gasteiger partial charge >= 0.3 is 0 Å². The fourth-order valence-electron chi connectivity index (χ4n) is 2.32. The largest absolute Gasteiger partial charge is 0.324 e. The van der Waals surface area contributed by atoms with E-state index < -0.39 is 4.92 Å². The molecule has 0 atom stereocenters. The second-order valence-electron chi connectivity index (χ2n) is 5.34. The second-order valence-corrected chi connectivity index (χ2v) is 7.13. The number of thioether (sulfide) groups is 1. The van der Waals surface area contributed by atoms with E-state index in [2.05, 4.69) is 10.3 Å². The third-order valence-corrected chi connectivity index (χ3v) is 5.15. The van der Waals surface area contributed by atoms with Gasteiger partial charge in [0.05, 0.1) is 32.4 Å². The first-order chi connectivity index (χ1) is 12.3. The van der Waals surface area contributed by atoms with Crippen LogP contribution in [0.15, 0.2) is 41.6 Å². The van der Waals surface area contributed by atoms with Crippen LogP contribution in [-0.2, 0) is 11.8 Å².